The summed E-state index contributed by atoms with van der Waals surface area (Å²) in [5, 5.41) is 21.5. The van der Waals surface area contributed by atoms with Gasteiger partial charge in [0.25, 0.3) is 5.69 Å². The number of hydrogen-bond acceptors (Lipinski definition) is 7. The first-order chi connectivity index (χ1) is 9.45. The quantitative estimate of drug-likeness (QED) is 0.632. The Balaban J connectivity index is 2.15. The highest BCUT2D eigenvalue weighted by molar-refractivity contribution is 9.10. The fourth-order valence-electron chi connectivity index (χ4n) is 1.24. The van der Waals surface area contributed by atoms with E-state index in [0.29, 0.717) is 19.5 Å². The first-order valence-corrected chi connectivity index (χ1v) is 7.58. The molecule has 0 aromatic carbocycles. The number of hydrogen-bond donors (Lipinski definition) is 1. The largest absolute Gasteiger partial charge is 0.481 e. The van der Waals surface area contributed by atoms with Crippen LogP contribution >= 0.6 is 39.0 Å². The minimum Gasteiger partial charge on any atom is -0.481 e. The zero-order chi connectivity index (χ0) is 14.7. The highest BCUT2D eigenvalue weighted by atomic mass is 79.9. The minimum absolute atomic E-state index is 0.105. The molecule has 2 aromatic heterocycles. The van der Waals surface area contributed by atoms with Crippen molar-refractivity contribution in [1.29, 1.82) is 0 Å². The van der Waals surface area contributed by atoms with E-state index in [0.717, 1.165) is 0 Å². The summed E-state index contributed by atoms with van der Waals surface area (Å²) in [5.41, 5.74) is 0.370. The standard InChI is InChI=1S/C10H6BrN3O4S2/c11-7-2-6(14(17)18)3-12-9(7)20-10-13-5(4-19-10)1-8(15)16/h2-4H,1H2,(H,15,16). The molecule has 0 amide bonds. The van der Waals surface area contributed by atoms with Crippen molar-refractivity contribution in [3.63, 3.8) is 0 Å². The monoisotopic (exact) mass is 375 g/mol. The molecule has 2 aromatic rings. The predicted octanol–water partition coefficient (Wildman–Crippen LogP) is 2.99. The van der Waals surface area contributed by atoms with Gasteiger partial charge in [0.1, 0.15) is 11.2 Å². The molecule has 0 unspecified atom stereocenters. The first kappa shape index (κ1) is 14.9. The van der Waals surface area contributed by atoms with Crippen LogP contribution < -0.4 is 0 Å². The van der Waals surface area contributed by atoms with Crippen LogP contribution in [0, 0.1) is 10.1 Å². The molecule has 0 saturated heterocycles. The molecule has 0 saturated carbocycles. The topological polar surface area (TPSA) is 106 Å². The van der Waals surface area contributed by atoms with Gasteiger partial charge in [-0.3, -0.25) is 14.9 Å². The maximum absolute atomic E-state index is 10.6. The Morgan fingerprint density at radius 1 is 1.60 bits per heavy atom. The van der Waals surface area contributed by atoms with Crippen LogP contribution in [0.5, 0.6) is 0 Å². The second-order valence-electron chi connectivity index (χ2n) is 3.51. The van der Waals surface area contributed by atoms with E-state index in [2.05, 4.69) is 25.9 Å². The highest BCUT2D eigenvalue weighted by Crippen LogP contribution is 2.35. The van der Waals surface area contributed by atoms with Gasteiger partial charge < -0.3 is 5.11 Å². The van der Waals surface area contributed by atoms with Gasteiger partial charge >= 0.3 is 5.97 Å². The molecular formula is C10H6BrN3O4S2. The van der Waals surface area contributed by atoms with Crippen molar-refractivity contribution in [3.8, 4) is 0 Å². The van der Waals surface area contributed by atoms with E-state index in [1.807, 2.05) is 0 Å². The average molecular weight is 376 g/mol. The molecule has 20 heavy (non-hydrogen) atoms. The Morgan fingerprint density at radius 3 is 2.95 bits per heavy atom. The van der Waals surface area contributed by atoms with Gasteiger partial charge in [-0.2, -0.15) is 0 Å². The van der Waals surface area contributed by atoms with E-state index < -0.39 is 10.9 Å². The lowest BCUT2D eigenvalue weighted by Gasteiger charge is -2.00. The molecule has 7 nitrogen and oxygen atoms in total. The van der Waals surface area contributed by atoms with Gasteiger partial charge in [0.2, 0.25) is 0 Å². The fourth-order valence-corrected chi connectivity index (χ4v) is 3.53. The molecule has 10 heteroatoms. The summed E-state index contributed by atoms with van der Waals surface area (Å²) >= 11 is 5.73. The van der Waals surface area contributed by atoms with Crippen molar-refractivity contribution in [2.45, 2.75) is 15.8 Å². The fraction of sp³-hybridized carbons (Fsp3) is 0.100. The van der Waals surface area contributed by atoms with E-state index in [-0.39, 0.29) is 12.1 Å². The molecular weight excluding hydrogens is 370 g/mol. The van der Waals surface area contributed by atoms with Crippen LogP contribution in [0.25, 0.3) is 0 Å². The number of aromatic nitrogens is 2. The van der Waals surface area contributed by atoms with Crippen molar-refractivity contribution >= 4 is 50.7 Å². The van der Waals surface area contributed by atoms with Crippen LogP contribution in [0.2, 0.25) is 0 Å². The summed E-state index contributed by atoms with van der Waals surface area (Å²) < 4.78 is 1.12. The lowest BCUT2D eigenvalue weighted by Crippen LogP contribution is -1.99. The van der Waals surface area contributed by atoms with Gasteiger partial charge in [-0.1, -0.05) is 0 Å². The summed E-state index contributed by atoms with van der Waals surface area (Å²) in [6.45, 7) is 0. The molecule has 0 atom stereocenters. The SMILES string of the molecule is O=C(O)Cc1csc(Sc2ncc([N+](=O)[O-])cc2Br)n1. The Bertz CT molecular complexity index is 676. The number of carboxylic acids is 1. The predicted molar refractivity (Wildman–Crippen MR) is 76.2 cm³/mol. The molecule has 0 bridgehead atoms. The van der Waals surface area contributed by atoms with Crippen molar-refractivity contribution in [3.05, 3.63) is 37.9 Å². The van der Waals surface area contributed by atoms with Gasteiger partial charge in [-0.25, -0.2) is 9.97 Å². The molecule has 2 rings (SSSR count). The Hall–Kier alpha value is -1.52. The lowest BCUT2D eigenvalue weighted by atomic mass is 10.3. The molecule has 0 aliphatic heterocycles. The van der Waals surface area contributed by atoms with E-state index in [4.69, 9.17) is 5.11 Å². The van der Waals surface area contributed by atoms with Crippen LogP contribution in [0.3, 0.4) is 0 Å². The zero-order valence-electron chi connectivity index (χ0n) is 9.65. The lowest BCUT2D eigenvalue weighted by molar-refractivity contribution is -0.385. The van der Waals surface area contributed by atoms with Crippen LogP contribution in [0.15, 0.2) is 31.5 Å². The molecule has 0 fully saturated rings. The number of nitrogens with zero attached hydrogens (tertiary/aromatic N) is 3. The number of rotatable bonds is 5. The molecule has 0 aliphatic carbocycles. The third-order valence-corrected chi connectivity index (χ3v) is 4.92. The molecule has 2 heterocycles. The van der Waals surface area contributed by atoms with Gasteiger partial charge in [-0.05, 0) is 27.7 Å². The molecule has 0 spiro atoms. The Labute approximate surface area is 129 Å². The molecule has 104 valence electrons. The molecule has 0 aliphatic rings. The van der Waals surface area contributed by atoms with Gasteiger partial charge in [-0.15, -0.1) is 11.3 Å². The first-order valence-electron chi connectivity index (χ1n) is 5.09. The third kappa shape index (κ3) is 3.74. The molecule has 1 N–H and O–H groups in total. The van der Waals surface area contributed by atoms with E-state index in [1.54, 1.807) is 5.38 Å². The number of aliphatic carboxylic acids is 1. The van der Waals surface area contributed by atoms with Crippen LogP contribution in [-0.4, -0.2) is 26.0 Å². The van der Waals surface area contributed by atoms with Crippen LogP contribution in [-0.2, 0) is 11.2 Å². The number of pyridine rings is 1. The third-order valence-electron chi connectivity index (χ3n) is 2.05. The Morgan fingerprint density at radius 2 is 2.35 bits per heavy atom. The zero-order valence-corrected chi connectivity index (χ0v) is 12.9. The number of nitro groups is 1. The van der Waals surface area contributed by atoms with Crippen LogP contribution in [0.1, 0.15) is 5.69 Å². The van der Waals surface area contributed by atoms with Crippen LogP contribution in [0.4, 0.5) is 5.69 Å². The maximum atomic E-state index is 10.6. The van der Waals surface area contributed by atoms with E-state index in [1.165, 1.54) is 35.4 Å². The Kier molecular flexibility index (Phi) is 4.68. The summed E-state index contributed by atoms with van der Waals surface area (Å²) in [7, 11) is 0. The second kappa shape index (κ2) is 6.29. The summed E-state index contributed by atoms with van der Waals surface area (Å²) in [4.78, 5) is 28.8. The second-order valence-corrected chi connectivity index (χ2v) is 6.46. The maximum Gasteiger partial charge on any atom is 0.309 e. The van der Waals surface area contributed by atoms with Crippen molar-refractivity contribution < 1.29 is 14.8 Å². The summed E-state index contributed by atoms with van der Waals surface area (Å²) in [6, 6.07) is 1.36. The summed E-state index contributed by atoms with van der Waals surface area (Å²) in [6.07, 6.45) is 1.03. The number of carbonyl (C=O) groups is 1. The van der Waals surface area contributed by atoms with Gasteiger partial charge in [0, 0.05) is 11.4 Å². The minimum atomic E-state index is -0.943. The number of halogens is 1. The summed E-state index contributed by atoms with van der Waals surface area (Å²) in [5.74, 6) is -0.943. The van der Waals surface area contributed by atoms with Gasteiger partial charge in [0.05, 0.1) is 21.5 Å². The van der Waals surface area contributed by atoms with Crippen molar-refractivity contribution in [1.82, 2.24) is 9.97 Å². The average Bonchev–Trinajstić information content (AvgIpc) is 2.78. The highest BCUT2D eigenvalue weighted by Gasteiger charge is 2.14. The van der Waals surface area contributed by atoms with Gasteiger partial charge in [0.15, 0.2) is 4.34 Å². The smallest absolute Gasteiger partial charge is 0.309 e. The van der Waals surface area contributed by atoms with E-state index in [9.17, 15) is 14.9 Å². The molecule has 0 radical (unpaired) electrons. The number of carboxylic acid groups (broad SMARTS) is 1. The van der Waals surface area contributed by atoms with Crippen molar-refractivity contribution in [2.24, 2.45) is 0 Å². The number of thiazole rings is 1. The van der Waals surface area contributed by atoms with Crippen molar-refractivity contribution in [2.75, 3.05) is 0 Å². The normalized spacial score (nSPS) is 10.4. The van der Waals surface area contributed by atoms with E-state index >= 15 is 0 Å².